The fraction of sp³-hybridized carbons (Fsp3) is 0. The second-order valence-corrected chi connectivity index (χ2v) is 5.91. The Morgan fingerprint density at radius 1 is 0.480 bits per heavy atom. The van der Waals surface area contributed by atoms with E-state index in [0.717, 1.165) is 44.8 Å². The summed E-state index contributed by atoms with van der Waals surface area (Å²) in [4.78, 5) is 16.0. The van der Waals surface area contributed by atoms with Crippen molar-refractivity contribution >= 4 is 46.4 Å². The molecule has 0 aromatic carbocycles. The monoisotopic (exact) mass is 413 g/mol. The van der Waals surface area contributed by atoms with Crippen LogP contribution in [0.15, 0.2) is 48.5 Å². The summed E-state index contributed by atoms with van der Waals surface area (Å²) < 4.78 is 0. The third kappa shape index (κ3) is 3.24. The maximum atomic E-state index is 4.62. The van der Waals surface area contributed by atoms with Crippen LogP contribution in [0, 0.1) is 0 Å². The molecule has 2 aliphatic heterocycles. The topological polar surface area (TPSA) is 57.4 Å². The number of rotatable bonds is 0. The van der Waals surface area contributed by atoms with Crippen molar-refractivity contribution in [2.75, 3.05) is 0 Å². The predicted molar refractivity (Wildman–Crippen MR) is 98.9 cm³/mol. The van der Waals surface area contributed by atoms with E-state index in [1.54, 1.807) is 0 Å². The third-order valence-corrected chi connectivity index (χ3v) is 4.04. The summed E-state index contributed by atoms with van der Waals surface area (Å²) in [5, 5.41) is 0. The number of H-pyrrole nitrogens is 2. The number of nitrogens with zero attached hydrogens (tertiary/aromatic N) is 2. The zero-order chi connectivity index (χ0) is 15.9. The Morgan fingerprint density at radius 2 is 0.840 bits per heavy atom. The molecular weight excluding hydrogens is 399 g/mol. The minimum atomic E-state index is 0. The average molecular weight is 413 g/mol. The molecule has 4 nitrogen and oxygen atoms in total. The van der Waals surface area contributed by atoms with E-state index in [2.05, 4.69) is 50.3 Å². The molecule has 2 N–H and O–H groups in total. The SMILES string of the molecule is C1=Cc2cc3ccc(cc4ccc(cc5nc(cc1n2)C=C5)[nH]4)[nH]3.[Rh]. The second-order valence-electron chi connectivity index (χ2n) is 5.91. The molecular formula is C20H14N4Rh. The quantitative estimate of drug-likeness (QED) is 0.363. The summed E-state index contributed by atoms with van der Waals surface area (Å²) in [5.41, 5.74) is 7.86. The van der Waals surface area contributed by atoms with Crippen LogP contribution >= 0.6 is 0 Å². The molecule has 5 heteroatoms. The van der Waals surface area contributed by atoms with Crippen molar-refractivity contribution in [1.82, 2.24) is 19.9 Å². The van der Waals surface area contributed by atoms with Crippen LogP contribution in [-0.2, 0) is 19.5 Å². The first-order chi connectivity index (χ1) is 11.8. The van der Waals surface area contributed by atoms with E-state index in [-0.39, 0.29) is 19.5 Å². The van der Waals surface area contributed by atoms with Crippen molar-refractivity contribution in [2.45, 2.75) is 0 Å². The fourth-order valence-electron chi connectivity index (χ4n) is 2.94. The molecule has 123 valence electrons. The van der Waals surface area contributed by atoms with Gasteiger partial charge in [0.1, 0.15) is 0 Å². The van der Waals surface area contributed by atoms with Gasteiger partial charge in [-0.25, -0.2) is 9.97 Å². The van der Waals surface area contributed by atoms with Crippen molar-refractivity contribution in [2.24, 2.45) is 0 Å². The number of fused-ring (bicyclic) bond motifs is 8. The second kappa shape index (κ2) is 6.26. The average Bonchev–Trinajstić information content (AvgIpc) is 3.32. The van der Waals surface area contributed by atoms with E-state index in [1.165, 1.54) is 0 Å². The van der Waals surface area contributed by atoms with Crippen molar-refractivity contribution in [3.8, 4) is 0 Å². The Balaban J connectivity index is 0.00000157. The first-order valence-corrected chi connectivity index (χ1v) is 7.85. The molecule has 25 heavy (non-hydrogen) atoms. The molecule has 0 amide bonds. The van der Waals surface area contributed by atoms with Gasteiger partial charge < -0.3 is 9.97 Å². The Kier molecular flexibility index (Phi) is 3.94. The van der Waals surface area contributed by atoms with Gasteiger partial charge in [-0.05, 0) is 72.8 Å². The molecule has 0 fully saturated rings. The minimum Gasteiger partial charge on any atom is -0.355 e. The zero-order valence-corrected chi connectivity index (χ0v) is 14.8. The zero-order valence-electron chi connectivity index (χ0n) is 13.2. The number of hydrogen-bond donors (Lipinski definition) is 2. The van der Waals surface area contributed by atoms with E-state index in [1.807, 2.05) is 42.5 Å². The Labute approximate surface area is 157 Å². The van der Waals surface area contributed by atoms with Crippen molar-refractivity contribution in [1.29, 1.82) is 0 Å². The van der Waals surface area contributed by atoms with Crippen molar-refractivity contribution in [3.63, 3.8) is 0 Å². The Hall–Kier alpha value is -2.78. The molecule has 3 aromatic heterocycles. The fourth-order valence-corrected chi connectivity index (χ4v) is 2.94. The first-order valence-electron chi connectivity index (χ1n) is 7.85. The number of nitrogens with one attached hydrogen (secondary N) is 2. The van der Waals surface area contributed by atoms with Crippen LogP contribution in [0.1, 0.15) is 22.8 Å². The van der Waals surface area contributed by atoms with Gasteiger partial charge in [-0.15, -0.1) is 0 Å². The summed E-state index contributed by atoms with van der Waals surface area (Å²) in [6.45, 7) is 0. The normalized spacial score (nSPS) is 12.2. The van der Waals surface area contributed by atoms with Gasteiger partial charge in [-0.1, -0.05) is 0 Å². The standard InChI is InChI=1S/C20H14N4.Rh/c1-2-14-10-16-5-6-18(23-16)12-20-8-7-19(24-20)11-17-4-3-15(22-17)9-13(1)21-14;/h1-12,21-22H;. The van der Waals surface area contributed by atoms with Crippen LogP contribution < -0.4 is 0 Å². The van der Waals surface area contributed by atoms with Gasteiger partial charge in [0.15, 0.2) is 0 Å². The first kappa shape index (κ1) is 15.7. The van der Waals surface area contributed by atoms with Crippen LogP contribution in [0.2, 0.25) is 0 Å². The van der Waals surface area contributed by atoms with Crippen LogP contribution in [0.4, 0.5) is 0 Å². The van der Waals surface area contributed by atoms with Crippen LogP contribution in [0.3, 0.4) is 0 Å². The molecule has 0 aliphatic carbocycles. The summed E-state index contributed by atoms with van der Waals surface area (Å²) in [7, 11) is 0. The summed E-state index contributed by atoms with van der Waals surface area (Å²) in [6, 6.07) is 16.4. The van der Waals surface area contributed by atoms with E-state index >= 15 is 0 Å². The predicted octanol–water partition coefficient (Wildman–Crippen LogP) is 4.65. The van der Waals surface area contributed by atoms with Gasteiger partial charge in [0.2, 0.25) is 0 Å². The van der Waals surface area contributed by atoms with Gasteiger partial charge in [-0.3, -0.25) is 0 Å². The van der Waals surface area contributed by atoms with E-state index < -0.39 is 0 Å². The Bertz CT molecular complexity index is 1080. The maximum Gasteiger partial charge on any atom is 0.0659 e. The van der Waals surface area contributed by atoms with Gasteiger partial charge in [0, 0.05) is 41.5 Å². The molecule has 2 aliphatic rings. The number of aromatic amines is 2. The van der Waals surface area contributed by atoms with E-state index in [9.17, 15) is 0 Å². The van der Waals surface area contributed by atoms with E-state index in [0.29, 0.717) is 0 Å². The maximum absolute atomic E-state index is 4.62. The molecule has 5 heterocycles. The van der Waals surface area contributed by atoms with Crippen LogP contribution in [-0.4, -0.2) is 19.9 Å². The molecule has 0 saturated heterocycles. The van der Waals surface area contributed by atoms with Gasteiger partial charge in [0.05, 0.1) is 22.8 Å². The van der Waals surface area contributed by atoms with Crippen LogP contribution in [0.5, 0.6) is 0 Å². The summed E-state index contributed by atoms with van der Waals surface area (Å²) in [5.74, 6) is 0. The van der Waals surface area contributed by atoms with E-state index in [4.69, 9.17) is 0 Å². The molecule has 1 radical (unpaired) electrons. The Morgan fingerprint density at radius 3 is 1.28 bits per heavy atom. The van der Waals surface area contributed by atoms with Crippen molar-refractivity contribution < 1.29 is 19.5 Å². The minimum absolute atomic E-state index is 0. The van der Waals surface area contributed by atoms with Crippen LogP contribution in [0.25, 0.3) is 46.4 Å². The molecule has 5 rings (SSSR count). The molecule has 0 atom stereocenters. The summed E-state index contributed by atoms with van der Waals surface area (Å²) >= 11 is 0. The molecule has 0 unspecified atom stereocenters. The number of hydrogen-bond acceptors (Lipinski definition) is 2. The number of aromatic nitrogens is 4. The molecule has 8 bridgehead atoms. The van der Waals surface area contributed by atoms with Gasteiger partial charge in [-0.2, -0.15) is 0 Å². The molecule has 0 spiro atoms. The largest absolute Gasteiger partial charge is 0.355 e. The van der Waals surface area contributed by atoms with Gasteiger partial charge in [0.25, 0.3) is 0 Å². The third-order valence-electron chi connectivity index (χ3n) is 4.04. The molecule has 3 aromatic rings. The smallest absolute Gasteiger partial charge is 0.0659 e. The molecule has 0 saturated carbocycles. The summed E-state index contributed by atoms with van der Waals surface area (Å²) in [6.07, 6.45) is 8.05. The van der Waals surface area contributed by atoms with Crippen molar-refractivity contribution in [3.05, 3.63) is 71.3 Å². The van der Waals surface area contributed by atoms with Gasteiger partial charge >= 0.3 is 0 Å².